The summed E-state index contributed by atoms with van der Waals surface area (Å²) >= 11 is 0. The van der Waals surface area contributed by atoms with Crippen molar-refractivity contribution in [3.05, 3.63) is 59.2 Å². The fourth-order valence-corrected chi connectivity index (χ4v) is 6.74. The molecule has 5 nitrogen and oxygen atoms in total. The van der Waals surface area contributed by atoms with Crippen LogP contribution in [-0.2, 0) is 16.4 Å². The molecule has 32 heavy (non-hydrogen) atoms. The zero-order valence-corrected chi connectivity index (χ0v) is 20.9. The lowest BCUT2D eigenvalue weighted by Crippen LogP contribution is -2.50. The van der Waals surface area contributed by atoms with Gasteiger partial charge in [0.2, 0.25) is 0 Å². The number of hydrogen-bond donors (Lipinski definition) is 2. The minimum atomic E-state index is -3.50. The molecular weight excluding hydrogens is 420 g/mol. The van der Waals surface area contributed by atoms with Crippen LogP contribution < -0.4 is 15.4 Å². The second kappa shape index (κ2) is 10.4. The minimum absolute atomic E-state index is 0.107. The highest BCUT2D eigenvalue weighted by atomic mass is 32.2. The average molecular weight is 459 g/mol. The molecular formula is C26H38N2O3S. The predicted molar refractivity (Wildman–Crippen MR) is 131 cm³/mol. The van der Waals surface area contributed by atoms with Gasteiger partial charge in [-0.25, -0.2) is 8.42 Å². The van der Waals surface area contributed by atoms with Crippen LogP contribution in [0.4, 0.5) is 0 Å². The Morgan fingerprint density at radius 1 is 1.19 bits per heavy atom. The second-order valence-corrected chi connectivity index (χ2v) is 11.2. The summed E-state index contributed by atoms with van der Waals surface area (Å²) < 4.78 is 33.3. The van der Waals surface area contributed by atoms with E-state index in [9.17, 15) is 8.42 Å². The van der Waals surface area contributed by atoms with E-state index < -0.39 is 15.4 Å². The number of benzene rings is 2. The molecule has 0 radical (unpaired) electrons. The molecule has 0 saturated carbocycles. The van der Waals surface area contributed by atoms with Gasteiger partial charge in [0.15, 0.2) is 9.84 Å². The summed E-state index contributed by atoms with van der Waals surface area (Å²) in [4.78, 5) is 0.423. The molecule has 0 aliphatic carbocycles. The maximum Gasteiger partial charge on any atom is 0.180 e. The topological polar surface area (TPSA) is 67.4 Å². The molecule has 0 spiro atoms. The molecule has 1 aliphatic heterocycles. The van der Waals surface area contributed by atoms with Crippen molar-refractivity contribution in [1.29, 1.82) is 0 Å². The zero-order valence-electron chi connectivity index (χ0n) is 20.1. The largest absolute Gasteiger partial charge is 0.496 e. The predicted octanol–water partition coefficient (Wildman–Crippen LogP) is 5.00. The number of sulfone groups is 1. The van der Waals surface area contributed by atoms with Gasteiger partial charge in [-0.1, -0.05) is 70.9 Å². The Balaban J connectivity index is 2.22. The van der Waals surface area contributed by atoms with Crippen LogP contribution in [0.25, 0.3) is 0 Å². The van der Waals surface area contributed by atoms with Gasteiger partial charge in [0, 0.05) is 23.7 Å². The van der Waals surface area contributed by atoms with Crippen molar-refractivity contribution < 1.29 is 13.2 Å². The summed E-state index contributed by atoms with van der Waals surface area (Å²) in [6.07, 6.45) is 3.60. The van der Waals surface area contributed by atoms with E-state index in [1.807, 2.05) is 30.3 Å². The number of rotatable bonds is 9. The van der Waals surface area contributed by atoms with E-state index in [4.69, 9.17) is 4.74 Å². The molecule has 0 amide bonds. The summed E-state index contributed by atoms with van der Waals surface area (Å²) in [5.74, 6) is 0.823. The Labute approximate surface area is 193 Å². The summed E-state index contributed by atoms with van der Waals surface area (Å²) in [5, 5.41) is 7.21. The number of fused-ring (bicyclic) bond motifs is 1. The smallest absolute Gasteiger partial charge is 0.180 e. The zero-order chi connectivity index (χ0) is 23.4. The molecule has 176 valence electrons. The van der Waals surface area contributed by atoms with Crippen LogP contribution in [-0.4, -0.2) is 32.9 Å². The molecule has 0 aromatic heterocycles. The number of hydrogen-bond acceptors (Lipinski definition) is 5. The lowest BCUT2D eigenvalue weighted by molar-refractivity contribution is 0.294. The Bertz CT molecular complexity index is 1010. The first kappa shape index (κ1) is 24.7. The van der Waals surface area contributed by atoms with E-state index in [-0.39, 0.29) is 17.8 Å². The molecule has 2 atom stereocenters. The molecule has 2 N–H and O–H groups in total. The molecule has 2 aromatic carbocycles. The second-order valence-electron chi connectivity index (χ2n) is 9.22. The molecule has 3 rings (SSSR count). The monoisotopic (exact) mass is 458 g/mol. The quantitative estimate of drug-likeness (QED) is 0.554. The molecule has 1 heterocycles. The van der Waals surface area contributed by atoms with Crippen LogP contribution in [0, 0.1) is 0 Å². The van der Waals surface area contributed by atoms with E-state index in [0.29, 0.717) is 17.2 Å². The Hall–Kier alpha value is -1.89. The maximum atomic E-state index is 13.8. The van der Waals surface area contributed by atoms with Gasteiger partial charge < -0.3 is 10.1 Å². The van der Waals surface area contributed by atoms with Crippen molar-refractivity contribution in [3.8, 4) is 5.75 Å². The van der Waals surface area contributed by atoms with Gasteiger partial charge in [0.1, 0.15) is 5.75 Å². The average Bonchev–Trinajstić information content (AvgIpc) is 2.88. The summed E-state index contributed by atoms with van der Waals surface area (Å²) in [7, 11) is -1.85. The van der Waals surface area contributed by atoms with Crippen molar-refractivity contribution in [2.24, 2.45) is 0 Å². The van der Waals surface area contributed by atoms with Gasteiger partial charge >= 0.3 is 0 Å². The highest BCUT2D eigenvalue weighted by Crippen LogP contribution is 2.40. The van der Waals surface area contributed by atoms with Gasteiger partial charge in [0.25, 0.3) is 0 Å². The van der Waals surface area contributed by atoms with Gasteiger partial charge in [-0.15, -0.1) is 0 Å². The third-order valence-electron chi connectivity index (χ3n) is 6.50. The van der Waals surface area contributed by atoms with Crippen molar-refractivity contribution in [3.63, 3.8) is 0 Å². The first-order valence-corrected chi connectivity index (χ1v) is 13.4. The van der Waals surface area contributed by atoms with Crippen LogP contribution in [0.3, 0.4) is 0 Å². The van der Waals surface area contributed by atoms with Crippen molar-refractivity contribution in [2.45, 2.75) is 82.4 Å². The fraction of sp³-hybridized carbons (Fsp3) is 0.538. The third-order valence-corrected chi connectivity index (χ3v) is 8.45. The van der Waals surface area contributed by atoms with Gasteiger partial charge in [-0.3, -0.25) is 5.32 Å². The minimum Gasteiger partial charge on any atom is -0.496 e. The first-order valence-electron chi connectivity index (χ1n) is 11.7. The van der Waals surface area contributed by atoms with Crippen molar-refractivity contribution in [2.75, 3.05) is 12.9 Å². The SMILES string of the molecule is CCCCC1(CC)CS(=O)(=O)c2cc(CNC(C)C)c(OC)cc2C(c2ccccc2)N1. The number of methoxy groups -OCH3 is 1. The van der Waals surface area contributed by atoms with Crippen LogP contribution in [0.15, 0.2) is 47.4 Å². The molecule has 0 bridgehead atoms. The maximum absolute atomic E-state index is 13.8. The first-order chi connectivity index (χ1) is 15.2. The van der Waals surface area contributed by atoms with Crippen LogP contribution in [0.2, 0.25) is 0 Å². The van der Waals surface area contributed by atoms with E-state index in [1.165, 1.54) is 0 Å². The van der Waals surface area contributed by atoms with Crippen molar-refractivity contribution >= 4 is 9.84 Å². The van der Waals surface area contributed by atoms with E-state index >= 15 is 0 Å². The molecule has 0 fully saturated rings. The summed E-state index contributed by atoms with van der Waals surface area (Å²) in [5.41, 5.74) is 2.23. The Kier molecular flexibility index (Phi) is 8.01. The van der Waals surface area contributed by atoms with Gasteiger partial charge in [0.05, 0.1) is 23.8 Å². The summed E-state index contributed by atoms with van der Waals surface area (Å²) in [6.45, 7) is 8.95. The molecule has 2 aromatic rings. The number of nitrogens with one attached hydrogen (secondary N) is 2. The van der Waals surface area contributed by atoms with E-state index in [0.717, 1.165) is 42.4 Å². The molecule has 1 aliphatic rings. The lowest BCUT2D eigenvalue weighted by atomic mass is 9.88. The Morgan fingerprint density at radius 2 is 1.91 bits per heavy atom. The highest BCUT2D eigenvalue weighted by Gasteiger charge is 2.42. The standard InChI is InChI=1S/C26H38N2O3S/c1-6-8-14-26(7-2)18-32(29,30)24-15-21(17-27-19(3)4)23(31-5)16-22(24)25(28-26)20-12-10-9-11-13-20/h9-13,15-16,19,25,27-28H,6-8,14,17-18H2,1-5H3. The Morgan fingerprint density at radius 3 is 2.50 bits per heavy atom. The molecule has 2 unspecified atom stereocenters. The summed E-state index contributed by atoms with van der Waals surface area (Å²) in [6, 6.07) is 14.0. The number of ether oxygens (including phenoxy) is 1. The van der Waals surface area contributed by atoms with Crippen LogP contribution >= 0.6 is 0 Å². The molecule has 6 heteroatoms. The van der Waals surface area contributed by atoms with Crippen molar-refractivity contribution in [1.82, 2.24) is 10.6 Å². The van der Waals surface area contributed by atoms with Crippen LogP contribution in [0.1, 0.15) is 76.1 Å². The normalized spacial score (nSPS) is 22.4. The van der Waals surface area contributed by atoms with Gasteiger partial charge in [-0.05, 0) is 36.1 Å². The third kappa shape index (κ3) is 5.36. The van der Waals surface area contributed by atoms with E-state index in [1.54, 1.807) is 7.11 Å². The lowest BCUT2D eigenvalue weighted by Gasteiger charge is -2.36. The number of unbranched alkanes of at least 4 members (excludes halogenated alkanes) is 1. The highest BCUT2D eigenvalue weighted by molar-refractivity contribution is 7.91. The van der Waals surface area contributed by atoms with E-state index in [2.05, 4.69) is 50.5 Å². The van der Waals surface area contributed by atoms with Crippen LogP contribution in [0.5, 0.6) is 5.75 Å². The van der Waals surface area contributed by atoms with Gasteiger partial charge in [-0.2, -0.15) is 0 Å². The fourth-order valence-electron chi connectivity index (χ4n) is 4.57. The molecule has 0 saturated heterocycles.